The summed E-state index contributed by atoms with van der Waals surface area (Å²) in [6, 6.07) is 4.18. The van der Waals surface area contributed by atoms with Gasteiger partial charge in [0.2, 0.25) is 0 Å². The van der Waals surface area contributed by atoms with Crippen LogP contribution in [0.5, 0.6) is 0 Å². The molecule has 100 valence electrons. The number of imidazole rings is 1. The van der Waals surface area contributed by atoms with E-state index in [-0.39, 0.29) is 0 Å². The molecule has 4 nitrogen and oxygen atoms in total. The number of aryl methyl sites for hydroxylation is 1. The van der Waals surface area contributed by atoms with Crippen molar-refractivity contribution in [3.63, 3.8) is 0 Å². The molecule has 3 heterocycles. The summed E-state index contributed by atoms with van der Waals surface area (Å²) in [4.78, 5) is 11.1. The second-order valence-corrected chi connectivity index (χ2v) is 5.06. The van der Waals surface area contributed by atoms with Gasteiger partial charge in [0.25, 0.3) is 0 Å². The summed E-state index contributed by atoms with van der Waals surface area (Å²) in [6.45, 7) is 5.37. The van der Waals surface area contributed by atoms with Crippen molar-refractivity contribution in [1.82, 2.24) is 14.5 Å². The molecule has 1 fully saturated rings. The Balaban J connectivity index is 1.79. The number of rotatable bonds is 3. The molecule has 0 N–H and O–H groups in total. The zero-order valence-corrected chi connectivity index (χ0v) is 11.4. The molecule has 0 aliphatic carbocycles. The molecule has 0 spiro atoms. The van der Waals surface area contributed by atoms with Crippen LogP contribution in [0.25, 0.3) is 0 Å². The molecule has 1 saturated heterocycles. The fraction of sp³-hybridized carbons (Fsp3) is 0.467. The van der Waals surface area contributed by atoms with Gasteiger partial charge in [0.1, 0.15) is 5.82 Å². The van der Waals surface area contributed by atoms with Crippen molar-refractivity contribution < 1.29 is 0 Å². The van der Waals surface area contributed by atoms with E-state index in [4.69, 9.17) is 0 Å². The Labute approximate surface area is 114 Å². The van der Waals surface area contributed by atoms with Crippen molar-refractivity contribution in [1.29, 1.82) is 0 Å². The molecule has 3 rings (SSSR count). The predicted molar refractivity (Wildman–Crippen MR) is 76.3 cm³/mol. The molecular weight excluding hydrogens is 236 g/mol. The van der Waals surface area contributed by atoms with E-state index in [9.17, 15) is 0 Å². The smallest absolute Gasteiger partial charge is 0.113 e. The molecule has 0 amide bonds. The first kappa shape index (κ1) is 12.2. The second-order valence-electron chi connectivity index (χ2n) is 5.06. The Kier molecular flexibility index (Phi) is 3.49. The number of aromatic nitrogens is 3. The number of anilines is 1. The maximum Gasteiger partial charge on any atom is 0.113 e. The normalized spacial score (nSPS) is 19.6. The molecule has 1 aliphatic heterocycles. The van der Waals surface area contributed by atoms with Crippen LogP contribution < -0.4 is 4.90 Å². The van der Waals surface area contributed by atoms with Crippen molar-refractivity contribution in [3.8, 4) is 0 Å². The number of pyridine rings is 1. The molecule has 1 aliphatic rings. The van der Waals surface area contributed by atoms with E-state index in [1.165, 1.54) is 24.4 Å². The third-order valence-electron chi connectivity index (χ3n) is 3.90. The number of nitrogens with zero attached hydrogens (tertiary/aromatic N) is 4. The van der Waals surface area contributed by atoms with Crippen molar-refractivity contribution in [3.05, 3.63) is 42.7 Å². The molecule has 0 bridgehead atoms. The van der Waals surface area contributed by atoms with E-state index in [0.29, 0.717) is 5.92 Å². The highest BCUT2D eigenvalue weighted by atomic mass is 15.2. The van der Waals surface area contributed by atoms with E-state index < -0.39 is 0 Å². The third kappa shape index (κ3) is 2.48. The molecule has 0 radical (unpaired) electrons. The van der Waals surface area contributed by atoms with E-state index in [1.54, 1.807) is 0 Å². The van der Waals surface area contributed by atoms with Crippen LogP contribution in [-0.4, -0.2) is 27.6 Å². The molecule has 2 aromatic heterocycles. The average Bonchev–Trinajstić information content (AvgIpc) is 2.97. The maximum atomic E-state index is 4.56. The molecular formula is C15H20N4. The molecule has 2 aromatic rings. The van der Waals surface area contributed by atoms with Crippen LogP contribution in [0.1, 0.15) is 31.5 Å². The van der Waals surface area contributed by atoms with Crippen LogP contribution in [0.15, 0.2) is 36.9 Å². The highest BCUT2D eigenvalue weighted by Gasteiger charge is 2.24. The van der Waals surface area contributed by atoms with Gasteiger partial charge in [-0.25, -0.2) is 4.98 Å². The summed E-state index contributed by atoms with van der Waals surface area (Å²) < 4.78 is 2.26. The van der Waals surface area contributed by atoms with Gasteiger partial charge >= 0.3 is 0 Å². The topological polar surface area (TPSA) is 34.0 Å². The standard InChI is InChI=1S/C15H20N4/c1-2-18-11-9-17-15(18)13-4-3-10-19(12-13)14-5-7-16-8-6-14/h5-9,11,13H,2-4,10,12H2,1H3/t13-/m0/s1. The summed E-state index contributed by atoms with van der Waals surface area (Å²) in [5, 5.41) is 0. The molecule has 19 heavy (non-hydrogen) atoms. The van der Waals surface area contributed by atoms with Crippen molar-refractivity contribution in [2.75, 3.05) is 18.0 Å². The quantitative estimate of drug-likeness (QED) is 0.846. The predicted octanol–water partition coefficient (Wildman–Crippen LogP) is 2.68. The lowest BCUT2D eigenvalue weighted by Crippen LogP contribution is -2.35. The largest absolute Gasteiger partial charge is 0.371 e. The first-order valence-electron chi connectivity index (χ1n) is 7.04. The summed E-state index contributed by atoms with van der Waals surface area (Å²) >= 11 is 0. The van der Waals surface area contributed by atoms with Gasteiger partial charge in [-0.3, -0.25) is 4.98 Å². The van der Waals surface area contributed by atoms with Gasteiger partial charge in [0.15, 0.2) is 0 Å². The monoisotopic (exact) mass is 256 g/mol. The van der Waals surface area contributed by atoms with Gasteiger partial charge in [0.05, 0.1) is 0 Å². The van der Waals surface area contributed by atoms with Crippen LogP contribution in [0, 0.1) is 0 Å². The minimum absolute atomic E-state index is 0.539. The highest BCUT2D eigenvalue weighted by molar-refractivity contribution is 5.45. The second kappa shape index (κ2) is 5.43. The Hall–Kier alpha value is -1.84. The molecule has 1 atom stereocenters. The Bertz CT molecular complexity index is 520. The lowest BCUT2D eigenvalue weighted by molar-refractivity contribution is 0.474. The van der Waals surface area contributed by atoms with Crippen molar-refractivity contribution in [2.45, 2.75) is 32.2 Å². The lowest BCUT2D eigenvalue weighted by atomic mass is 9.96. The Morgan fingerprint density at radius 2 is 2.11 bits per heavy atom. The van der Waals surface area contributed by atoms with Crippen LogP contribution >= 0.6 is 0 Å². The average molecular weight is 256 g/mol. The minimum Gasteiger partial charge on any atom is -0.371 e. The lowest BCUT2D eigenvalue weighted by Gasteiger charge is -2.34. The minimum atomic E-state index is 0.539. The van der Waals surface area contributed by atoms with Crippen molar-refractivity contribution >= 4 is 5.69 Å². The number of hydrogen-bond acceptors (Lipinski definition) is 3. The molecule has 0 aromatic carbocycles. The fourth-order valence-corrected chi connectivity index (χ4v) is 2.93. The van der Waals surface area contributed by atoms with Crippen LogP contribution in [-0.2, 0) is 6.54 Å². The van der Waals surface area contributed by atoms with Gasteiger partial charge in [-0.05, 0) is 31.9 Å². The molecule has 4 heteroatoms. The van der Waals surface area contributed by atoms with Gasteiger partial charge in [0, 0.05) is 56.0 Å². The summed E-state index contributed by atoms with van der Waals surface area (Å²) in [7, 11) is 0. The highest BCUT2D eigenvalue weighted by Crippen LogP contribution is 2.28. The van der Waals surface area contributed by atoms with Gasteiger partial charge in [-0.1, -0.05) is 0 Å². The first-order chi connectivity index (χ1) is 9.38. The summed E-state index contributed by atoms with van der Waals surface area (Å²) in [6.07, 6.45) is 10.2. The Morgan fingerprint density at radius 3 is 2.89 bits per heavy atom. The van der Waals surface area contributed by atoms with E-state index in [1.807, 2.05) is 18.6 Å². The SMILES string of the molecule is CCn1ccnc1[C@H]1CCCN(c2ccncc2)C1. The van der Waals surface area contributed by atoms with Crippen molar-refractivity contribution in [2.24, 2.45) is 0 Å². The molecule has 0 saturated carbocycles. The molecule has 0 unspecified atom stereocenters. The van der Waals surface area contributed by atoms with Gasteiger partial charge in [-0.2, -0.15) is 0 Å². The van der Waals surface area contributed by atoms with E-state index >= 15 is 0 Å². The van der Waals surface area contributed by atoms with Crippen LogP contribution in [0.2, 0.25) is 0 Å². The van der Waals surface area contributed by atoms with Crippen LogP contribution in [0.4, 0.5) is 5.69 Å². The third-order valence-corrected chi connectivity index (χ3v) is 3.90. The van der Waals surface area contributed by atoms with Crippen LogP contribution in [0.3, 0.4) is 0 Å². The van der Waals surface area contributed by atoms with Gasteiger partial charge in [-0.15, -0.1) is 0 Å². The number of hydrogen-bond donors (Lipinski definition) is 0. The summed E-state index contributed by atoms with van der Waals surface area (Å²) in [5.41, 5.74) is 1.27. The fourth-order valence-electron chi connectivity index (χ4n) is 2.93. The summed E-state index contributed by atoms with van der Waals surface area (Å²) in [5.74, 6) is 1.78. The first-order valence-corrected chi connectivity index (χ1v) is 7.04. The number of piperidine rings is 1. The van der Waals surface area contributed by atoms with E-state index in [0.717, 1.165) is 19.6 Å². The Morgan fingerprint density at radius 1 is 1.26 bits per heavy atom. The zero-order chi connectivity index (χ0) is 13.1. The zero-order valence-electron chi connectivity index (χ0n) is 11.4. The van der Waals surface area contributed by atoms with E-state index in [2.05, 4.69) is 44.7 Å². The maximum absolute atomic E-state index is 4.56. The van der Waals surface area contributed by atoms with Gasteiger partial charge < -0.3 is 9.47 Å².